The van der Waals surface area contributed by atoms with E-state index in [1.807, 2.05) is 91.8 Å². The lowest BCUT2D eigenvalue weighted by Crippen LogP contribution is -2.22. The fourth-order valence-corrected chi connectivity index (χ4v) is 5.40. The molecule has 0 fully saturated rings. The molecule has 0 unspecified atom stereocenters. The second kappa shape index (κ2) is 9.07. The summed E-state index contributed by atoms with van der Waals surface area (Å²) in [4.78, 5) is 15.7. The summed E-state index contributed by atoms with van der Waals surface area (Å²) in [6.45, 7) is 0. The van der Waals surface area contributed by atoms with Gasteiger partial charge in [0.1, 0.15) is 4.90 Å². The van der Waals surface area contributed by atoms with Gasteiger partial charge in [0.05, 0.1) is 11.3 Å². The van der Waals surface area contributed by atoms with Crippen LogP contribution in [0.5, 0.6) is 0 Å². The number of aromatic nitrogens is 2. The van der Waals surface area contributed by atoms with Gasteiger partial charge in [0.15, 0.2) is 0 Å². The van der Waals surface area contributed by atoms with E-state index >= 15 is 0 Å². The van der Waals surface area contributed by atoms with Gasteiger partial charge < -0.3 is 4.90 Å². The quantitative estimate of drug-likeness (QED) is 0.378. The summed E-state index contributed by atoms with van der Waals surface area (Å²) in [5, 5.41) is 11.3. The fraction of sp³-hybridized carbons (Fsp3) is 0.0714. The predicted octanol–water partition coefficient (Wildman–Crippen LogP) is 4.77. The molecule has 0 atom stereocenters. The van der Waals surface area contributed by atoms with Crippen LogP contribution in [0.15, 0.2) is 102 Å². The third-order valence-electron chi connectivity index (χ3n) is 6.04. The van der Waals surface area contributed by atoms with Gasteiger partial charge in [-0.15, -0.1) is 0 Å². The molecule has 5 rings (SSSR count). The SMILES string of the molecule is CN(C)c1cccc2c(S(N)(=O)=O)c(C(=O)n3ccc(-c4ccccc4)n3)c(-c3ccccc3)cc12. The van der Waals surface area contributed by atoms with E-state index in [4.69, 9.17) is 5.14 Å². The van der Waals surface area contributed by atoms with Gasteiger partial charge >= 0.3 is 0 Å². The highest BCUT2D eigenvalue weighted by Crippen LogP contribution is 2.39. The summed E-state index contributed by atoms with van der Waals surface area (Å²) in [5.41, 5.74) is 3.37. The Morgan fingerprint density at radius 2 is 1.47 bits per heavy atom. The van der Waals surface area contributed by atoms with Gasteiger partial charge in [-0.3, -0.25) is 4.79 Å². The number of benzene rings is 4. The number of hydrogen-bond acceptors (Lipinski definition) is 5. The lowest BCUT2D eigenvalue weighted by molar-refractivity contribution is 0.0943. The molecule has 36 heavy (non-hydrogen) atoms. The molecule has 5 aromatic rings. The van der Waals surface area contributed by atoms with Gasteiger partial charge in [0.25, 0.3) is 5.91 Å². The molecule has 0 aliphatic rings. The Balaban J connectivity index is 1.84. The van der Waals surface area contributed by atoms with Crippen molar-refractivity contribution in [1.29, 1.82) is 0 Å². The molecule has 2 N–H and O–H groups in total. The Bertz CT molecular complexity index is 1690. The number of hydrogen-bond donors (Lipinski definition) is 1. The van der Waals surface area contributed by atoms with Crippen LogP contribution in [0, 0.1) is 0 Å². The first-order valence-corrected chi connectivity index (χ1v) is 12.8. The van der Waals surface area contributed by atoms with Crippen LogP contribution in [0.4, 0.5) is 5.69 Å². The van der Waals surface area contributed by atoms with Crippen molar-refractivity contribution in [3.05, 3.63) is 103 Å². The summed E-state index contributed by atoms with van der Waals surface area (Å²) in [6.07, 6.45) is 1.53. The van der Waals surface area contributed by atoms with Crippen LogP contribution < -0.4 is 10.0 Å². The molecule has 8 heteroatoms. The summed E-state index contributed by atoms with van der Waals surface area (Å²) in [7, 11) is -0.559. The van der Waals surface area contributed by atoms with Gasteiger partial charge in [0.2, 0.25) is 10.0 Å². The van der Waals surface area contributed by atoms with Crippen molar-refractivity contribution in [2.75, 3.05) is 19.0 Å². The van der Waals surface area contributed by atoms with Crippen LogP contribution in [0.25, 0.3) is 33.2 Å². The van der Waals surface area contributed by atoms with E-state index in [-0.39, 0.29) is 10.5 Å². The van der Waals surface area contributed by atoms with Crippen LogP contribution in [0.2, 0.25) is 0 Å². The Kier molecular flexibility index (Phi) is 5.91. The van der Waals surface area contributed by atoms with Crippen molar-refractivity contribution in [2.45, 2.75) is 4.90 Å². The van der Waals surface area contributed by atoms with E-state index in [0.29, 0.717) is 27.6 Å². The van der Waals surface area contributed by atoms with E-state index in [1.165, 1.54) is 10.9 Å². The van der Waals surface area contributed by atoms with Crippen molar-refractivity contribution >= 4 is 32.4 Å². The molecule has 0 bridgehead atoms. The highest BCUT2D eigenvalue weighted by Gasteiger charge is 2.29. The van der Waals surface area contributed by atoms with Crippen molar-refractivity contribution in [1.82, 2.24) is 9.78 Å². The molecule has 1 heterocycles. The first-order chi connectivity index (χ1) is 17.3. The molecule has 7 nitrogen and oxygen atoms in total. The number of sulfonamides is 1. The van der Waals surface area contributed by atoms with Crippen LogP contribution in [-0.2, 0) is 10.0 Å². The van der Waals surface area contributed by atoms with E-state index in [1.54, 1.807) is 18.2 Å². The Morgan fingerprint density at radius 1 is 0.833 bits per heavy atom. The minimum Gasteiger partial charge on any atom is -0.377 e. The van der Waals surface area contributed by atoms with Gasteiger partial charge in [0, 0.05) is 42.3 Å². The third-order valence-corrected chi connectivity index (χ3v) is 7.04. The van der Waals surface area contributed by atoms with Gasteiger partial charge in [-0.05, 0) is 29.3 Å². The molecule has 0 saturated carbocycles. The highest BCUT2D eigenvalue weighted by atomic mass is 32.2. The molecule has 1 aromatic heterocycles. The number of primary sulfonamides is 1. The lowest BCUT2D eigenvalue weighted by Gasteiger charge is -2.20. The molecule has 0 spiro atoms. The zero-order valence-electron chi connectivity index (χ0n) is 19.8. The van der Waals surface area contributed by atoms with E-state index < -0.39 is 15.9 Å². The Labute approximate surface area is 209 Å². The van der Waals surface area contributed by atoms with Gasteiger partial charge in [-0.1, -0.05) is 72.8 Å². The first-order valence-electron chi connectivity index (χ1n) is 11.3. The van der Waals surface area contributed by atoms with Crippen molar-refractivity contribution in [3.8, 4) is 22.4 Å². The van der Waals surface area contributed by atoms with E-state index in [0.717, 1.165) is 11.3 Å². The Hall–Kier alpha value is -4.27. The highest BCUT2D eigenvalue weighted by molar-refractivity contribution is 7.89. The second-order valence-corrected chi connectivity index (χ2v) is 10.1. The van der Waals surface area contributed by atoms with Crippen LogP contribution in [0.3, 0.4) is 0 Å². The number of anilines is 1. The van der Waals surface area contributed by atoms with Gasteiger partial charge in [-0.25, -0.2) is 18.2 Å². The maximum atomic E-state index is 14.0. The van der Waals surface area contributed by atoms with Crippen LogP contribution >= 0.6 is 0 Å². The molecule has 0 aliphatic heterocycles. The zero-order valence-corrected chi connectivity index (χ0v) is 20.6. The maximum absolute atomic E-state index is 14.0. The molecule has 0 radical (unpaired) electrons. The summed E-state index contributed by atoms with van der Waals surface area (Å²) < 4.78 is 27.3. The summed E-state index contributed by atoms with van der Waals surface area (Å²) in [5.74, 6) is -0.586. The Morgan fingerprint density at radius 3 is 2.08 bits per heavy atom. The van der Waals surface area contributed by atoms with Gasteiger partial charge in [-0.2, -0.15) is 5.10 Å². The molecular weight excluding hydrogens is 472 g/mol. The summed E-state index contributed by atoms with van der Waals surface area (Å²) >= 11 is 0. The first kappa shape index (κ1) is 23.5. The largest absolute Gasteiger partial charge is 0.377 e. The fourth-order valence-electron chi connectivity index (χ4n) is 4.43. The molecular formula is C28H24N4O3S. The summed E-state index contributed by atoms with van der Waals surface area (Å²) in [6, 6.07) is 27.5. The number of carbonyl (C=O) groups is 1. The number of fused-ring (bicyclic) bond motifs is 1. The topological polar surface area (TPSA) is 98.3 Å². The predicted molar refractivity (Wildman–Crippen MR) is 142 cm³/mol. The smallest absolute Gasteiger partial charge is 0.280 e. The molecule has 4 aromatic carbocycles. The van der Waals surface area contributed by atoms with Crippen molar-refractivity contribution < 1.29 is 13.2 Å². The maximum Gasteiger partial charge on any atom is 0.280 e. The van der Waals surface area contributed by atoms with Crippen molar-refractivity contribution in [2.24, 2.45) is 5.14 Å². The third kappa shape index (κ3) is 4.17. The monoisotopic (exact) mass is 496 g/mol. The number of nitrogens with two attached hydrogens (primary N) is 1. The lowest BCUT2D eigenvalue weighted by atomic mass is 9.94. The average Bonchev–Trinajstić information content (AvgIpc) is 3.37. The van der Waals surface area contributed by atoms with Crippen LogP contribution in [0.1, 0.15) is 10.4 Å². The van der Waals surface area contributed by atoms with E-state index in [2.05, 4.69) is 5.10 Å². The van der Waals surface area contributed by atoms with E-state index in [9.17, 15) is 13.2 Å². The molecule has 0 saturated heterocycles. The average molecular weight is 497 g/mol. The number of carbonyl (C=O) groups excluding carboxylic acids is 1. The van der Waals surface area contributed by atoms with Crippen molar-refractivity contribution in [3.63, 3.8) is 0 Å². The van der Waals surface area contributed by atoms with Crippen LogP contribution in [-0.4, -0.2) is 38.2 Å². The second-order valence-electron chi connectivity index (χ2n) is 8.62. The molecule has 0 aliphatic carbocycles. The minimum atomic E-state index is -4.31. The minimum absolute atomic E-state index is 0.0187. The number of nitrogens with zero attached hydrogens (tertiary/aromatic N) is 3. The number of rotatable bonds is 5. The normalized spacial score (nSPS) is 11.5. The molecule has 0 amide bonds. The standard InChI is InChI=1S/C28H24N4O3S/c1-31(2)25-15-9-14-21-23(25)18-22(19-10-5-3-6-11-19)26(27(21)36(29,34)35)28(33)32-17-16-24(30-32)20-12-7-4-8-13-20/h3-18H,1-2H3,(H2,29,34,35). The molecule has 180 valence electrons. The zero-order chi connectivity index (χ0) is 25.4.